The van der Waals surface area contributed by atoms with Crippen molar-refractivity contribution in [1.82, 2.24) is 44.0 Å². The summed E-state index contributed by atoms with van der Waals surface area (Å²) in [4.78, 5) is 35.6. The van der Waals surface area contributed by atoms with Crippen molar-refractivity contribution in [2.45, 2.75) is 0 Å². The molecule has 0 unspecified atom stereocenters. The van der Waals surface area contributed by atoms with Gasteiger partial charge >= 0.3 is 0 Å². The second-order valence-corrected chi connectivity index (χ2v) is 18.5. The lowest BCUT2D eigenvalue weighted by Crippen LogP contribution is -2.05. The quantitative estimate of drug-likeness (QED) is 0.140. The van der Waals surface area contributed by atoms with E-state index in [1.165, 1.54) is 0 Å². The predicted molar refractivity (Wildman–Crippen MR) is 302 cm³/mol. The van der Waals surface area contributed by atoms with Crippen LogP contribution in [0.1, 0.15) is 5.56 Å². The smallest absolute Gasteiger partial charge is 0.164 e. The third kappa shape index (κ3) is 7.63. The van der Waals surface area contributed by atoms with Crippen molar-refractivity contribution >= 4 is 43.6 Å². The largest absolute Gasteiger partial charge is 0.307 e. The van der Waals surface area contributed by atoms with Gasteiger partial charge in [0.2, 0.25) is 0 Å². The van der Waals surface area contributed by atoms with Gasteiger partial charge in [0.1, 0.15) is 0 Å². The molecule has 10 nitrogen and oxygen atoms in total. The molecule has 0 aliphatic carbocycles. The van der Waals surface area contributed by atoms with Crippen molar-refractivity contribution in [2.24, 2.45) is 0 Å². The van der Waals surface area contributed by atoms with Crippen LogP contribution in [0.5, 0.6) is 0 Å². The fraction of sp³-hybridized carbons (Fsp3) is 0. The molecular weight excluding hydrogens is 933 g/mol. The Morgan fingerprint density at radius 2 is 0.605 bits per heavy atom. The number of aromatic nitrogens is 9. The molecule has 10 heteroatoms. The summed E-state index contributed by atoms with van der Waals surface area (Å²) in [7, 11) is 0. The average Bonchev–Trinajstić information content (AvgIpc) is 4.03. The Kier molecular flexibility index (Phi) is 10.6. The zero-order valence-electron chi connectivity index (χ0n) is 40.6. The monoisotopic (exact) mass is 972 g/mol. The Morgan fingerprint density at radius 1 is 0.289 bits per heavy atom. The summed E-state index contributed by atoms with van der Waals surface area (Å²) in [6.45, 7) is 0. The highest BCUT2D eigenvalue weighted by atomic mass is 15.1. The lowest BCUT2D eigenvalue weighted by atomic mass is 10.0. The molecule has 5 aromatic heterocycles. The second kappa shape index (κ2) is 18.4. The maximum atomic E-state index is 10.1. The number of hydrogen-bond donors (Lipinski definition) is 0. The van der Waals surface area contributed by atoms with Gasteiger partial charge in [-0.15, -0.1) is 0 Å². The average molecular weight is 973 g/mol. The molecule has 0 spiro atoms. The van der Waals surface area contributed by atoms with Crippen LogP contribution in [-0.2, 0) is 0 Å². The Morgan fingerprint density at radius 3 is 0.974 bits per heavy atom. The van der Waals surface area contributed by atoms with E-state index in [4.69, 9.17) is 34.9 Å². The Hall–Kier alpha value is -10.8. The minimum absolute atomic E-state index is 0.552. The molecule has 0 saturated carbocycles. The van der Waals surface area contributed by atoms with E-state index in [0.29, 0.717) is 40.5 Å². The summed E-state index contributed by atoms with van der Waals surface area (Å²) >= 11 is 0. The number of rotatable bonds is 9. The SMILES string of the molecule is N#Cc1ccc(-c2c(-n3c4ccccc4c4ccc(-c5nc(-c6ccccc6)nc(-c6ccccc6)n5)cc43)cncc2-n2c3ccccc3c3ccc(-c4nc(-c5ccccc5)nc(-c5ccccc5)n4)cc32)cc1. The predicted octanol–water partition coefficient (Wildman–Crippen LogP) is 15.2. The number of fused-ring (bicyclic) bond motifs is 6. The first-order chi connectivity index (χ1) is 37.6. The molecule has 0 amide bonds. The van der Waals surface area contributed by atoms with Gasteiger partial charge < -0.3 is 9.13 Å². The summed E-state index contributed by atoms with van der Waals surface area (Å²) in [5.41, 5.74) is 13.2. The van der Waals surface area contributed by atoms with E-state index in [-0.39, 0.29) is 0 Å². The molecule has 14 rings (SSSR count). The van der Waals surface area contributed by atoms with Crippen LogP contribution in [0.25, 0.3) is 134 Å². The van der Waals surface area contributed by atoms with Crippen LogP contribution in [0.2, 0.25) is 0 Å². The van der Waals surface area contributed by atoms with E-state index >= 15 is 0 Å². The van der Waals surface area contributed by atoms with Gasteiger partial charge in [0.15, 0.2) is 34.9 Å². The van der Waals surface area contributed by atoms with Crippen LogP contribution in [-0.4, -0.2) is 44.0 Å². The van der Waals surface area contributed by atoms with Crippen molar-refractivity contribution < 1.29 is 0 Å². The van der Waals surface area contributed by atoms with Gasteiger partial charge in [-0.25, -0.2) is 29.9 Å². The fourth-order valence-corrected chi connectivity index (χ4v) is 10.4. The molecule has 14 aromatic rings. The van der Waals surface area contributed by atoms with Gasteiger partial charge in [0.25, 0.3) is 0 Å². The second-order valence-electron chi connectivity index (χ2n) is 18.5. The molecule has 76 heavy (non-hydrogen) atoms. The number of hydrogen-bond acceptors (Lipinski definition) is 8. The van der Waals surface area contributed by atoms with Gasteiger partial charge in [0, 0.05) is 60.5 Å². The van der Waals surface area contributed by atoms with Crippen LogP contribution in [0.15, 0.2) is 243 Å². The van der Waals surface area contributed by atoms with Crippen LogP contribution in [0.4, 0.5) is 0 Å². The first-order valence-electron chi connectivity index (χ1n) is 24.9. The van der Waals surface area contributed by atoms with Crippen molar-refractivity contribution in [3.8, 4) is 96.9 Å². The Balaban J connectivity index is 1.02. The summed E-state index contributed by atoms with van der Waals surface area (Å²) in [5.74, 6) is 3.45. The van der Waals surface area contributed by atoms with Crippen LogP contribution >= 0.6 is 0 Å². The Bertz CT molecular complexity index is 4190. The molecule has 354 valence electrons. The van der Waals surface area contributed by atoms with Crippen LogP contribution in [0.3, 0.4) is 0 Å². The van der Waals surface area contributed by atoms with Crippen molar-refractivity contribution in [1.29, 1.82) is 5.26 Å². The molecule has 0 aliphatic heterocycles. The van der Waals surface area contributed by atoms with Gasteiger partial charge in [-0.3, -0.25) is 4.98 Å². The minimum atomic E-state index is 0.552. The molecule has 0 radical (unpaired) electrons. The highest BCUT2D eigenvalue weighted by Gasteiger charge is 2.24. The molecule has 0 saturated heterocycles. The molecule has 0 fully saturated rings. The zero-order chi connectivity index (χ0) is 50.5. The third-order valence-electron chi connectivity index (χ3n) is 14.0. The summed E-state index contributed by atoms with van der Waals surface area (Å²) in [6, 6.07) is 80.1. The van der Waals surface area contributed by atoms with Crippen LogP contribution in [0, 0.1) is 11.3 Å². The number of nitriles is 1. The van der Waals surface area contributed by atoms with Gasteiger partial charge in [0.05, 0.1) is 57.5 Å². The molecule has 0 N–H and O–H groups in total. The molecule has 0 bridgehead atoms. The van der Waals surface area contributed by atoms with Crippen molar-refractivity contribution in [3.63, 3.8) is 0 Å². The Labute approximate surface area is 436 Å². The summed E-state index contributed by atoms with van der Waals surface area (Å²) in [6.07, 6.45) is 3.89. The van der Waals surface area contributed by atoms with E-state index in [2.05, 4.69) is 100 Å². The number of benzene rings is 9. The molecule has 5 heterocycles. The lowest BCUT2D eigenvalue weighted by molar-refractivity contribution is 1.07. The normalized spacial score (nSPS) is 11.4. The van der Waals surface area contributed by atoms with Crippen molar-refractivity contribution in [3.05, 3.63) is 248 Å². The van der Waals surface area contributed by atoms with E-state index in [1.807, 2.05) is 158 Å². The van der Waals surface area contributed by atoms with Gasteiger partial charge in [-0.05, 0) is 42.0 Å². The molecule has 0 aliphatic rings. The van der Waals surface area contributed by atoms with Gasteiger partial charge in [-0.2, -0.15) is 5.26 Å². The molecule has 9 aromatic carbocycles. The highest BCUT2D eigenvalue weighted by Crippen LogP contribution is 2.43. The van der Waals surface area contributed by atoms with Gasteiger partial charge in [-0.1, -0.05) is 194 Å². The van der Waals surface area contributed by atoms with E-state index < -0.39 is 0 Å². The van der Waals surface area contributed by atoms with Crippen molar-refractivity contribution in [2.75, 3.05) is 0 Å². The third-order valence-corrected chi connectivity index (χ3v) is 14.0. The lowest BCUT2D eigenvalue weighted by Gasteiger charge is -2.20. The number of nitrogens with zero attached hydrogens (tertiary/aromatic N) is 10. The number of para-hydroxylation sites is 2. The minimum Gasteiger partial charge on any atom is -0.307 e. The molecule has 0 atom stereocenters. The fourth-order valence-electron chi connectivity index (χ4n) is 10.4. The van der Waals surface area contributed by atoms with E-state index in [1.54, 1.807) is 0 Å². The first kappa shape index (κ1) is 44.0. The standard InChI is InChI=1S/C66H40N10/c67-39-42-29-31-43(32-30-42)60-58(75-54-27-15-13-25-50(54)52-35-33-48(37-56(52)75)65-71-61(44-17-5-1-6-18-44)69-62(72-65)45-19-7-2-8-20-45)40-68-41-59(60)76-55-28-16-14-26-51(55)53-36-34-49(38-57(53)76)66-73-63(46-21-9-3-10-22-46)70-64(74-66)47-23-11-4-12-24-47/h1-38,40-41H. The summed E-state index contributed by atoms with van der Waals surface area (Å²) < 4.78 is 4.60. The topological polar surface area (TPSA) is 124 Å². The maximum Gasteiger partial charge on any atom is 0.164 e. The number of pyridine rings is 1. The van der Waals surface area contributed by atoms with Crippen LogP contribution < -0.4 is 0 Å². The summed E-state index contributed by atoms with van der Waals surface area (Å²) in [5, 5.41) is 14.3. The first-order valence-corrected chi connectivity index (χ1v) is 24.9. The van der Waals surface area contributed by atoms with E-state index in [0.717, 1.165) is 99.5 Å². The molecular formula is C66H40N10. The maximum absolute atomic E-state index is 10.1. The van der Waals surface area contributed by atoms with E-state index in [9.17, 15) is 5.26 Å². The highest BCUT2D eigenvalue weighted by molar-refractivity contribution is 6.13. The zero-order valence-corrected chi connectivity index (χ0v) is 40.6.